The second kappa shape index (κ2) is 8.28. The third-order valence-corrected chi connectivity index (χ3v) is 4.55. The fraction of sp³-hybridized carbons (Fsp3) is 0.412. The molecule has 7 nitrogen and oxygen atoms in total. The Morgan fingerprint density at radius 1 is 1.28 bits per heavy atom. The molecular formula is C17H21N4O3S+. The Bertz CT molecular complexity index is 674. The van der Waals surface area contributed by atoms with Gasteiger partial charge in [-0.05, 0) is 24.4 Å². The molecule has 1 aromatic rings. The van der Waals surface area contributed by atoms with Crippen molar-refractivity contribution in [2.24, 2.45) is 10.9 Å². The van der Waals surface area contributed by atoms with Crippen molar-refractivity contribution in [3.05, 3.63) is 30.3 Å². The van der Waals surface area contributed by atoms with E-state index in [-0.39, 0.29) is 11.0 Å². The molecule has 3 rings (SSSR count). The van der Waals surface area contributed by atoms with Crippen molar-refractivity contribution in [1.82, 2.24) is 5.32 Å². The van der Waals surface area contributed by atoms with E-state index >= 15 is 0 Å². The number of aliphatic imine (C=N–C) groups is 1. The molecule has 2 amide bonds. The number of nitrogens with one attached hydrogen (secondary N) is 2. The maximum absolute atomic E-state index is 12.7. The van der Waals surface area contributed by atoms with Crippen LogP contribution in [0.15, 0.2) is 35.3 Å². The molecule has 0 aromatic heterocycles. The average molecular weight is 361 g/mol. The molecule has 2 aliphatic heterocycles. The lowest BCUT2D eigenvalue weighted by atomic mass is 10.1. The lowest BCUT2D eigenvalue weighted by Gasteiger charge is -2.30. The van der Waals surface area contributed by atoms with Crippen molar-refractivity contribution in [3.63, 3.8) is 0 Å². The number of carbonyl (C=O) groups excluding carboxylic acids is 2. The van der Waals surface area contributed by atoms with E-state index in [0.29, 0.717) is 12.2 Å². The van der Waals surface area contributed by atoms with Gasteiger partial charge in [0.25, 0.3) is 5.91 Å². The fourth-order valence-electron chi connectivity index (χ4n) is 2.86. The number of amides is 2. The van der Waals surface area contributed by atoms with Gasteiger partial charge >= 0.3 is 0 Å². The van der Waals surface area contributed by atoms with Crippen LogP contribution in [0, 0.1) is 5.92 Å². The number of thiocarbonyl (C=S) groups is 1. The maximum atomic E-state index is 12.7. The molecule has 2 N–H and O–H groups in total. The predicted octanol–water partition coefficient (Wildman–Crippen LogP) is -0.964. The zero-order valence-corrected chi connectivity index (χ0v) is 14.6. The highest BCUT2D eigenvalue weighted by molar-refractivity contribution is 7.80. The summed E-state index contributed by atoms with van der Waals surface area (Å²) in [5, 5.41) is 2.68. The first kappa shape index (κ1) is 17.7. The largest absolute Gasteiger partial charge is 0.370 e. The SMILES string of the molecule is O=C1NC(=S)N(c2ccccc2)C(=O)[C@H]1C=NCC[NH+]1CCOCC1. The molecule has 1 atom stereocenters. The highest BCUT2D eigenvalue weighted by Crippen LogP contribution is 2.19. The number of hydrogen-bond acceptors (Lipinski definition) is 5. The van der Waals surface area contributed by atoms with Gasteiger partial charge in [0.1, 0.15) is 13.1 Å². The van der Waals surface area contributed by atoms with Gasteiger partial charge in [-0.15, -0.1) is 0 Å². The first-order valence-corrected chi connectivity index (χ1v) is 8.73. The van der Waals surface area contributed by atoms with E-state index in [0.717, 1.165) is 32.8 Å². The Labute approximate surface area is 151 Å². The maximum Gasteiger partial charge on any atom is 0.251 e. The summed E-state index contributed by atoms with van der Waals surface area (Å²) in [5.41, 5.74) is 0.633. The third kappa shape index (κ3) is 4.28. The lowest BCUT2D eigenvalue weighted by molar-refractivity contribution is -0.906. The molecule has 2 saturated heterocycles. The van der Waals surface area contributed by atoms with Gasteiger partial charge in [0.2, 0.25) is 5.91 Å². The molecule has 2 fully saturated rings. The summed E-state index contributed by atoms with van der Waals surface area (Å²) in [7, 11) is 0. The van der Waals surface area contributed by atoms with Crippen LogP contribution >= 0.6 is 12.2 Å². The summed E-state index contributed by atoms with van der Waals surface area (Å²) in [5.74, 6) is -1.75. The molecule has 0 bridgehead atoms. The Hall–Kier alpha value is -2.16. The molecular weight excluding hydrogens is 340 g/mol. The fourth-order valence-corrected chi connectivity index (χ4v) is 3.15. The Balaban J connectivity index is 1.63. The van der Waals surface area contributed by atoms with E-state index in [1.54, 1.807) is 12.1 Å². The van der Waals surface area contributed by atoms with Crippen molar-refractivity contribution < 1.29 is 19.2 Å². The topological polar surface area (TPSA) is 75.4 Å². The zero-order chi connectivity index (χ0) is 17.6. The predicted molar refractivity (Wildman–Crippen MR) is 97.9 cm³/mol. The van der Waals surface area contributed by atoms with Crippen LogP contribution in [-0.4, -0.2) is 62.5 Å². The second-order valence-electron chi connectivity index (χ2n) is 5.95. The third-order valence-electron chi connectivity index (χ3n) is 4.27. The monoisotopic (exact) mass is 361 g/mol. The minimum Gasteiger partial charge on any atom is -0.370 e. The summed E-state index contributed by atoms with van der Waals surface area (Å²) >= 11 is 5.15. The van der Waals surface area contributed by atoms with Crippen molar-refractivity contribution in [2.75, 3.05) is 44.3 Å². The quantitative estimate of drug-likeness (QED) is 0.402. The summed E-state index contributed by atoms with van der Waals surface area (Å²) in [4.78, 5) is 31.9. The molecule has 0 radical (unpaired) electrons. The molecule has 0 aliphatic carbocycles. The number of quaternary nitrogens is 1. The number of morpholine rings is 1. The van der Waals surface area contributed by atoms with Crippen LogP contribution in [0.25, 0.3) is 0 Å². The standard InChI is InChI=1S/C17H20N4O3S/c22-15-14(12-18-6-7-20-8-10-24-11-9-20)16(23)21(17(25)19-15)13-4-2-1-3-5-13/h1-5,12,14H,6-11H2,(H,19,22,25)/p+1/t14-/m0/s1. The van der Waals surface area contributed by atoms with Crippen molar-refractivity contribution in [2.45, 2.75) is 0 Å². The second-order valence-corrected chi connectivity index (χ2v) is 6.34. The van der Waals surface area contributed by atoms with Crippen LogP contribution in [0.5, 0.6) is 0 Å². The number of carbonyl (C=O) groups is 2. The molecule has 0 saturated carbocycles. The first-order valence-electron chi connectivity index (χ1n) is 8.32. The first-order chi connectivity index (χ1) is 12.2. The zero-order valence-electron chi connectivity index (χ0n) is 13.8. The van der Waals surface area contributed by atoms with E-state index in [1.807, 2.05) is 18.2 Å². The van der Waals surface area contributed by atoms with Crippen LogP contribution in [0.4, 0.5) is 5.69 Å². The van der Waals surface area contributed by atoms with Gasteiger partial charge in [-0.2, -0.15) is 0 Å². The minimum absolute atomic E-state index is 0.101. The van der Waals surface area contributed by atoms with Crippen LogP contribution in [-0.2, 0) is 14.3 Å². The van der Waals surface area contributed by atoms with Crippen LogP contribution in [0.1, 0.15) is 0 Å². The highest BCUT2D eigenvalue weighted by Gasteiger charge is 2.38. The summed E-state index contributed by atoms with van der Waals surface area (Å²) in [6, 6.07) is 9.04. The van der Waals surface area contributed by atoms with Crippen molar-refractivity contribution in [3.8, 4) is 0 Å². The van der Waals surface area contributed by atoms with Crippen molar-refractivity contribution in [1.29, 1.82) is 0 Å². The van der Waals surface area contributed by atoms with Gasteiger partial charge in [0.05, 0.1) is 32.0 Å². The van der Waals surface area contributed by atoms with E-state index in [1.165, 1.54) is 16.0 Å². The van der Waals surface area contributed by atoms with Gasteiger partial charge in [0, 0.05) is 6.21 Å². The summed E-state index contributed by atoms with van der Waals surface area (Å²) in [6.45, 7) is 4.91. The molecule has 0 unspecified atom stereocenters. The van der Waals surface area contributed by atoms with E-state index in [4.69, 9.17) is 17.0 Å². The van der Waals surface area contributed by atoms with Crippen LogP contribution in [0.2, 0.25) is 0 Å². The smallest absolute Gasteiger partial charge is 0.251 e. The number of rotatable bonds is 5. The number of hydrogen-bond donors (Lipinski definition) is 2. The number of ether oxygens (including phenoxy) is 1. The normalized spacial score (nSPS) is 22.5. The average Bonchev–Trinajstić information content (AvgIpc) is 2.62. The van der Waals surface area contributed by atoms with E-state index in [9.17, 15) is 9.59 Å². The molecule has 2 heterocycles. The van der Waals surface area contributed by atoms with Gasteiger partial charge in [-0.3, -0.25) is 19.5 Å². The molecule has 25 heavy (non-hydrogen) atoms. The van der Waals surface area contributed by atoms with Gasteiger partial charge < -0.3 is 15.0 Å². The molecule has 1 aromatic carbocycles. The minimum atomic E-state index is -0.952. The Morgan fingerprint density at radius 3 is 2.72 bits per heavy atom. The Kier molecular flexibility index (Phi) is 5.85. The van der Waals surface area contributed by atoms with Crippen LogP contribution in [0.3, 0.4) is 0 Å². The molecule has 0 spiro atoms. The Morgan fingerprint density at radius 2 is 2.00 bits per heavy atom. The lowest BCUT2D eigenvalue weighted by Crippen LogP contribution is -3.14. The van der Waals surface area contributed by atoms with Gasteiger partial charge in [-0.1, -0.05) is 18.2 Å². The van der Waals surface area contributed by atoms with Crippen molar-refractivity contribution >= 4 is 41.0 Å². The number of nitrogens with zero attached hydrogens (tertiary/aromatic N) is 2. The van der Waals surface area contributed by atoms with E-state index < -0.39 is 11.8 Å². The number of benzene rings is 1. The molecule has 132 valence electrons. The van der Waals surface area contributed by atoms with Crippen LogP contribution < -0.4 is 15.1 Å². The number of anilines is 1. The van der Waals surface area contributed by atoms with Gasteiger partial charge in [-0.25, -0.2) is 0 Å². The summed E-state index contributed by atoms with van der Waals surface area (Å²) in [6.07, 6.45) is 1.44. The number of para-hydroxylation sites is 1. The molecule has 8 heteroatoms. The van der Waals surface area contributed by atoms with Gasteiger partial charge in [0.15, 0.2) is 11.0 Å². The summed E-state index contributed by atoms with van der Waals surface area (Å²) < 4.78 is 5.32. The molecule has 2 aliphatic rings. The van der Waals surface area contributed by atoms with E-state index in [2.05, 4.69) is 10.3 Å². The highest BCUT2D eigenvalue weighted by atomic mass is 32.1.